The Morgan fingerprint density at radius 1 is 1.04 bits per heavy atom. The average Bonchev–Trinajstić information content (AvgIpc) is 2.73. The normalized spacial score (nSPS) is 17.7. The van der Waals surface area contributed by atoms with Gasteiger partial charge in [-0.1, -0.05) is 48.6 Å². The summed E-state index contributed by atoms with van der Waals surface area (Å²) in [6.45, 7) is 8.42. The molecule has 1 atom stereocenters. The Bertz CT molecular complexity index is 935. The number of hydrogen-bond donors (Lipinski definition) is 0. The van der Waals surface area contributed by atoms with E-state index in [-0.39, 0.29) is 24.0 Å². The van der Waals surface area contributed by atoms with Crippen molar-refractivity contribution in [2.24, 2.45) is 0 Å². The quantitative estimate of drug-likeness (QED) is 0.347. The molecule has 0 amide bonds. The predicted octanol–water partition coefficient (Wildman–Crippen LogP) is 2.44. The van der Waals surface area contributed by atoms with E-state index in [1.165, 1.54) is 22.2 Å². The van der Waals surface area contributed by atoms with Crippen molar-refractivity contribution < 1.29 is 28.5 Å². The van der Waals surface area contributed by atoms with Gasteiger partial charge < -0.3 is 28.9 Å². The van der Waals surface area contributed by atoms with Crippen LogP contribution < -0.4 is 28.5 Å². The number of hydrogen-bond acceptors (Lipinski definition) is 1. The minimum absolute atomic E-state index is 0. The number of fused-ring (bicyclic) bond motifs is 1. The second-order valence-electron chi connectivity index (χ2n) is 6.57. The zero-order valence-corrected chi connectivity index (χ0v) is 19.1. The number of aryl methyl sites for hydroxylation is 1. The van der Waals surface area contributed by atoms with Crippen LogP contribution in [0.2, 0.25) is 0 Å². The molecule has 0 N–H and O–H groups in total. The molecule has 1 aliphatic rings. The monoisotopic (exact) mass is 484 g/mol. The molecule has 0 fully saturated rings. The number of benzene rings is 1. The Morgan fingerprint density at radius 3 is 2.61 bits per heavy atom. The predicted molar refractivity (Wildman–Crippen MR) is 116 cm³/mol. The molecule has 2 aromatic rings. The first-order valence-electron chi connectivity index (χ1n) is 9.81. The van der Waals surface area contributed by atoms with Gasteiger partial charge in [0.05, 0.1) is 6.04 Å². The van der Waals surface area contributed by atoms with Gasteiger partial charge in [-0.15, -0.1) is 0 Å². The number of aromatic nitrogens is 1. The van der Waals surface area contributed by atoms with Crippen molar-refractivity contribution in [3.63, 3.8) is 0 Å². The number of nitrogens with zero attached hydrogens (tertiary/aromatic N) is 2. The van der Waals surface area contributed by atoms with Crippen LogP contribution in [0.15, 0.2) is 90.7 Å². The first kappa shape index (κ1) is 22.2. The van der Waals surface area contributed by atoms with E-state index in [0.717, 1.165) is 13.1 Å². The van der Waals surface area contributed by atoms with Gasteiger partial charge in [0, 0.05) is 30.1 Å². The number of rotatable bonds is 6. The molecule has 28 heavy (non-hydrogen) atoms. The highest BCUT2D eigenvalue weighted by Crippen LogP contribution is 2.18. The molecule has 0 aliphatic heterocycles. The molecular formula is C25H29IN2. The maximum atomic E-state index is 2.36. The number of pyridine rings is 1. The van der Waals surface area contributed by atoms with Gasteiger partial charge in [-0.2, -0.15) is 4.57 Å². The fraction of sp³-hybridized carbons (Fsp3) is 0.240. The Labute approximate surface area is 186 Å². The van der Waals surface area contributed by atoms with Gasteiger partial charge in [0.2, 0.25) is 11.2 Å². The van der Waals surface area contributed by atoms with Crippen molar-refractivity contribution in [3.05, 3.63) is 96.4 Å². The van der Waals surface area contributed by atoms with E-state index in [1.54, 1.807) is 0 Å². The molecule has 0 radical (unpaired) electrons. The zero-order chi connectivity index (χ0) is 19.1. The van der Waals surface area contributed by atoms with Crippen LogP contribution in [0.3, 0.4) is 0 Å². The SMILES string of the molecule is C/C=C1/C=CC=CC1N(/C=C/C=C/c1ccc2ccccc2[n+]1CC)CC.[I-]. The maximum Gasteiger partial charge on any atom is 0.212 e. The van der Waals surface area contributed by atoms with Crippen LogP contribution in [-0.4, -0.2) is 17.5 Å². The number of likely N-dealkylation sites (N-methyl/N-ethyl adjacent to an activating group) is 1. The largest absolute Gasteiger partial charge is 1.00 e. The smallest absolute Gasteiger partial charge is 0.212 e. The molecule has 3 rings (SSSR count). The fourth-order valence-corrected chi connectivity index (χ4v) is 3.60. The van der Waals surface area contributed by atoms with E-state index in [0.29, 0.717) is 6.04 Å². The molecule has 0 spiro atoms. The maximum absolute atomic E-state index is 2.36. The minimum Gasteiger partial charge on any atom is -1.00 e. The lowest BCUT2D eigenvalue weighted by molar-refractivity contribution is -0.669. The fourth-order valence-electron chi connectivity index (χ4n) is 3.60. The molecule has 1 aliphatic carbocycles. The summed E-state index contributed by atoms with van der Waals surface area (Å²) in [5, 5.41) is 1.28. The van der Waals surface area contributed by atoms with E-state index in [1.807, 2.05) is 0 Å². The van der Waals surface area contributed by atoms with Crippen LogP contribution in [0.1, 0.15) is 26.5 Å². The van der Waals surface area contributed by atoms with Crippen LogP contribution in [0.25, 0.3) is 17.0 Å². The number of allylic oxidation sites excluding steroid dienone is 5. The third-order valence-corrected chi connectivity index (χ3v) is 5.04. The van der Waals surface area contributed by atoms with Gasteiger partial charge in [0.25, 0.3) is 0 Å². The second kappa shape index (κ2) is 11.0. The standard InChI is InChI=1S/C25H29N2.HI/c1-4-21-13-7-9-16-24(21)26(5-2)20-12-11-15-23-19-18-22-14-8-10-17-25(22)27(23)6-3;/h4,7-20,24H,5-6H2,1-3H3;1H/q+1;/p-1/b21-4-;. The molecule has 1 unspecified atom stereocenters. The summed E-state index contributed by atoms with van der Waals surface area (Å²) in [6.07, 6.45) is 19.5. The van der Waals surface area contributed by atoms with Gasteiger partial charge in [-0.05, 0) is 50.8 Å². The lowest BCUT2D eigenvalue weighted by Gasteiger charge is -2.29. The molecular weight excluding hydrogens is 455 g/mol. The van der Waals surface area contributed by atoms with Gasteiger partial charge >= 0.3 is 0 Å². The van der Waals surface area contributed by atoms with E-state index >= 15 is 0 Å². The summed E-state index contributed by atoms with van der Waals surface area (Å²) in [5.41, 5.74) is 3.84. The molecule has 146 valence electrons. The summed E-state index contributed by atoms with van der Waals surface area (Å²) in [5.74, 6) is 0. The summed E-state index contributed by atoms with van der Waals surface area (Å²) in [7, 11) is 0. The number of para-hydroxylation sites is 1. The van der Waals surface area contributed by atoms with Crippen LogP contribution in [0, 0.1) is 0 Å². The van der Waals surface area contributed by atoms with Gasteiger partial charge in [-0.3, -0.25) is 0 Å². The van der Waals surface area contributed by atoms with Crippen molar-refractivity contribution in [3.8, 4) is 0 Å². The Morgan fingerprint density at radius 2 is 1.86 bits per heavy atom. The summed E-state index contributed by atoms with van der Waals surface area (Å²) >= 11 is 0. The summed E-state index contributed by atoms with van der Waals surface area (Å²) in [4.78, 5) is 2.36. The van der Waals surface area contributed by atoms with Crippen molar-refractivity contribution in [1.29, 1.82) is 0 Å². The van der Waals surface area contributed by atoms with Gasteiger partial charge in [0.1, 0.15) is 6.54 Å². The minimum atomic E-state index is 0. The van der Waals surface area contributed by atoms with E-state index in [2.05, 4.69) is 121 Å². The molecule has 1 heterocycles. The van der Waals surface area contributed by atoms with Crippen molar-refractivity contribution >= 4 is 17.0 Å². The Kier molecular flexibility index (Phi) is 8.71. The van der Waals surface area contributed by atoms with Gasteiger partial charge in [0.15, 0.2) is 0 Å². The lowest BCUT2D eigenvalue weighted by atomic mass is 10.0. The van der Waals surface area contributed by atoms with Crippen molar-refractivity contribution in [2.75, 3.05) is 6.54 Å². The van der Waals surface area contributed by atoms with Crippen LogP contribution in [0.4, 0.5) is 0 Å². The van der Waals surface area contributed by atoms with Crippen molar-refractivity contribution in [2.45, 2.75) is 33.4 Å². The molecule has 1 aromatic carbocycles. The Hall–Kier alpha value is -2.14. The van der Waals surface area contributed by atoms with E-state index < -0.39 is 0 Å². The highest BCUT2D eigenvalue weighted by molar-refractivity contribution is 5.76. The van der Waals surface area contributed by atoms with Crippen LogP contribution >= 0.6 is 0 Å². The number of halogens is 1. The highest BCUT2D eigenvalue weighted by Gasteiger charge is 2.15. The average molecular weight is 484 g/mol. The topological polar surface area (TPSA) is 7.12 Å². The summed E-state index contributed by atoms with van der Waals surface area (Å²) < 4.78 is 2.35. The highest BCUT2D eigenvalue weighted by atomic mass is 127. The van der Waals surface area contributed by atoms with Gasteiger partial charge in [-0.25, -0.2) is 0 Å². The lowest BCUT2D eigenvalue weighted by Crippen LogP contribution is -3.00. The molecule has 0 saturated carbocycles. The first-order valence-corrected chi connectivity index (χ1v) is 9.81. The van der Waals surface area contributed by atoms with E-state index in [4.69, 9.17) is 0 Å². The third-order valence-electron chi connectivity index (χ3n) is 5.04. The van der Waals surface area contributed by atoms with Crippen molar-refractivity contribution in [1.82, 2.24) is 4.90 Å². The summed E-state index contributed by atoms with van der Waals surface area (Å²) in [6, 6.07) is 13.3. The molecule has 3 heteroatoms. The second-order valence-corrected chi connectivity index (χ2v) is 6.57. The Balaban J connectivity index is 0.00000280. The molecule has 2 nitrogen and oxygen atoms in total. The molecule has 0 saturated heterocycles. The van der Waals surface area contributed by atoms with E-state index in [9.17, 15) is 0 Å². The third kappa shape index (κ3) is 5.02. The van der Waals surface area contributed by atoms with Crippen LogP contribution in [0.5, 0.6) is 0 Å². The zero-order valence-electron chi connectivity index (χ0n) is 16.9. The molecule has 0 bridgehead atoms. The molecule has 1 aromatic heterocycles. The first-order chi connectivity index (χ1) is 13.3. The van der Waals surface area contributed by atoms with Crippen LogP contribution in [-0.2, 0) is 6.54 Å².